The van der Waals surface area contributed by atoms with E-state index < -0.39 is 8.32 Å². The molecule has 1 nitrogen and oxygen atoms in total. The molecule has 0 saturated heterocycles. The van der Waals surface area contributed by atoms with Crippen molar-refractivity contribution in [3.63, 3.8) is 0 Å². The summed E-state index contributed by atoms with van der Waals surface area (Å²) in [5.41, 5.74) is 1.52. The maximum atomic E-state index is 6.92. The molecule has 128 valence electrons. The van der Waals surface area contributed by atoms with Gasteiger partial charge < -0.3 is 4.43 Å². The zero-order chi connectivity index (χ0) is 17.1. The summed E-state index contributed by atoms with van der Waals surface area (Å²) in [5, 5.41) is 0.261. The Bertz CT molecular complexity index is 504. The topological polar surface area (TPSA) is 9.23 Å². The standard InChI is InChI=1S/C21H34OSi/c1-7-15-21(22-23(5,6)20(2,3)4)16-13-19(14-17-21)18-11-9-8-10-12-18/h7-12,19H,1,13-17H2,2-6H3/t19-,21-. The molecule has 0 amide bonds. The lowest BCUT2D eigenvalue weighted by Gasteiger charge is -2.48. The van der Waals surface area contributed by atoms with E-state index in [2.05, 4.69) is 76.9 Å². The van der Waals surface area contributed by atoms with Gasteiger partial charge in [-0.1, -0.05) is 57.2 Å². The zero-order valence-corrected chi connectivity index (χ0v) is 16.7. The molecule has 1 aromatic carbocycles. The maximum absolute atomic E-state index is 6.92. The molecular weight excluding hydrogens is 296 g/mol. The lowest BCUT2D eigenvalue weighted by Crippen LogP contribution is -2.50. The predicted octanol–water partition coefficient (Wildman–Crippen LogP) is 6.68. The fraction of sp³-hybridized carbons (Fsp3) is 0.619. The van der Waals surface area contributed by atoms with Gasteiger partial charge in [0.05, 0.1) is 5.60 Å². The average Bonchev–Trinajstić information content (AvgIpc) is 2.47. The Labute approximate surface area is 144 Å². The summed E-state index contributed by atoms with van der Waals surface area (Å²) in [6.07, 6.45) is 7.83. The van der Waals surface area contributed by atoms with E-state index >= 15 is 0 Å². The Morgan fingerprint density at radius 2 is 1.74 bits per heavy atom. The maximum Gasteiger partial charge on any atom is 0.192 e. The summed E-state index contributed by atoms with van der Waals surface area (Å²) in [6, 6.07) is 11.0. The summed E-state index contributed by atoms with van der Waals surface area (Å²) in [6.45, 7) is 15.7. The largest absolute Gasteiger partial charge is 0.411 e. The second kappa shape index (κ2) is 6.94. The van der Waals surface area contributed by atoms with Crippen molar-refractivity contribution in [3.8, 4) is 0 Å². The van der Waals surface area contributed by atoms with Crippen LogP contribution in [0.3, 0.4) is 0 Å². The van der Waals surface area contributed by atoms with E-state index in [9.17, 15) is 0 Å². The van der Waals surface area contributed by atoms with Crippen molar-refractivity contribution in [2.24, 2.45) is 0 Å². The van der Waals surface area contributed by atoms with Crippen LogP contribution in [0, 0.1) is 0 Å². The highest BCUT2D eigenvalue weighted by molar-refractivity contribution is 6.74. The van der Waals surface area contributed by atoms with Crippen molar-refractivity contribution < 1.29 is 4.43 Å². The summed E-state index contributed by atoms with van der Waals surface area (Å²) in [4.78, 5) is 0. The van der Waals surface area contributed by atoms with E-state index in [0.29, 0.717) is 5.92 Å². The number of hydrogen-bond acceptors (Lipinski definition) is 1. The highest BCUT2D eigenvalue weighted by Gasteiger charge is 2.45. The van der Waals surface area contributed by atoms with Crippen LogP contribution < -0.4 is 0 Å². The minimum Gasteiger partial charge on any atom is -0.411 e. The van der Waals surface area contributed by atoms with Gasteiger partial charge in [0, 0.05) is 0 Å². The van der Waals surface area contributed by atoms with Gasteiger partial charge in [-0.3, -0.25) is 0 Å². The van der Waals surface area contributed by atoms with Crippen LogP contribution in [-0.4, -0.2) is 13.9 Å². The van der Waals surface area contributed by atoms with Gasteiger partial charge in [0.2, 0.25) is 0 Å². The number of rotatable bonds is 5. The molecule has 0 radical (unpaired) electrons. The summed E-state index contributed by atoms with van der Waals surface area (Å²) >= 11 is 0. The molecule has 0 heterocycles. The molecule has 0 N–H and O–H groups in total. The van der Waals surface area contributed by atoms with Crippen molar-refractivity contribution >= 4 is 8.32 Å². The first-order valence-corrected chi connectivity index (χ1v) is 12.0. The van der Waals surface area contributed by atoms with E-state index in [-0.39, 0.29) is 10.6 Å². The Hall–Kier alpha value is -0.863. The molecule has 0 unspecified atom stereocenters. The van der Waals surface area contributed by atoms with Crippen LogP contribution in [-0.2, 0) is 4.43 Å². The van der Waals surface area contributed by atoms with Crippen molar-refractivity contribution in [1.29, 1.82) is 0 Å². The average molecular weight is 331 g/mol. The first kappa shape index (κ1) is 18.5. The molecule has 1 fully saturated rings. The normalized spacial score (nSPS) is 26.0. The third kappa shape index (κ3) is 4.36. The van der Waals surface area contributed by atoms with Gasteiger partial charge in [0.1, 0.15) is 0 Å². The van der Waals surface area contributed by atoms with Gasteiger partial charge >= 0.3 is 0 Å². The molecule has 23 heavy (non-hydrogen) atoms. The van der Waals surface area contributed by atoms with Crippen molar-refractivity contribution in [3.05, 3.63) is 48.6 Å². The molecule has 2 heteroatoms. The van der Waals surface area contributed by atoms with Crippen molar-refractivity contribution in [1.82, 2.24) is 0 Å². The first-order valence-electron chi connectivity index (χ1n) is 9.05. The summed E-state index contributed by atoms with van der Waals surface area (Å²) in [5.74, 6) is 0.692. The molecule has 1 aliphatic rings. The second-order valence-electron chi connectivity index (χ2n) is 8.72. The molecule has 0 bridgehead atoms. The molecule has 1 aliphatic carbocycles. The summed E-state index contributed by atoms with van der Waals surface area (Å²) < 4.78 is 6.92. The van der Waals surface area contributed by atoms with Gasteiger partial charge in [-0.15, -0.1) is 6.58 Å². The lowest BCUT2D eigenvalue weighted by molar-refractivity contribution is 0.0142. The van der Waals surface area contributed by atoms with E-state index in [4.69, 9.17) is 4.43 Å². The van der Waals surface area contributed by atoms with Crippen molar-refractivity contribution in [2.75, 3.05) is 0 Å². The minimum atomic E-state index is -1.75. The van der Waals surface area contributed by atoms with Crippen LogP contribution in [0.4, 0.5) is 0 Å². The molecule has 2 rings (SSSR count). The highest BCUT2D eigenvalue weighted by atomic mass is 28.4. The fourth-order valence-corrected chi connectivity index (χ4v) is 5.18. The van der Waals surface area contributed by atoms with Crippen LogP contribution in [0.25, 0.3) is 0 Å². The first-order chi connectivity index (χ1) is 10.7. The van der Waals surface area contributed by atoms with Crippen LogP contribution >= 0.6 is 0 Å². The van der Waals surface area contributed by atoms with Gasteiger partial charge in [-0.25, -0.2) is 0 Å². The smallest absolute Gasteiger partial charge is 0.192 e. The molecule has 1 aromatic rings. The molecule has 0 aliphatic heterocycles. The quantitative estimate of drug-likeness (QED) is 0.432. The highest BCUT2D eigenvalue weighted by Crippen LogP contribution is 2.47. The summed E-state index contributed by atoms with van der Waals surface area (Å²) in [7, 11) is -1.75. The molecule has 0 aromatic heterocycles. The van der Waals surface area contributed by atoms with Gasteiger partial charge in [0.15, 0.2) is 8.32 Å². The Kier molecular flexibility index (Phi) is 5.58. The Balaban J connectivity index is 2.11. The lowest BCUT2D eigenvalue weighted by atomic mass is 9.75. The predicted molar refractivity (Wildman–Crippen MR) is 103 cm³/mol. The van der Waals surface area contributed by atoms with Crippen LogP contribution in [0.2, 0.25) is 18.1 Å². The fourth-order valence-electron chi connectivity index (χ4n) is 3.51. The van der Waals surface area contributed by atoms with E-state index in [1.165, 1.54) is 18.4 Å². The van der Waals surface area contributed by atoms with Crippen molar-refractivity contribution in [2.45, 2.75) is 82.5 Å². The Morgan fingerprint density at radius 3 is 2.22 bits per heavy atom. The van der Waals surface area contributed by atoms with Crippen LogP contribution in [0.15, 0.2) is 43.0 Å². The van der Waals surface area contributed by atoms with Crippen LogP contribution in [0.5, 0.6) is 0 Å². The molecule has 1 saturated carbocycles. The van der Waals surface area contributed by atoms with E-state index in [1.807, 2.05) is 0 Å². The molecule has 0 atom stereocenters. The third-order valence-corrected chi connectivity index (χ3v) is 10.5. The minimum absolute atomic E-state index is 0.0238. The van der Waals surface area contributed by atoms with Gasteiger partial charge in [0.25, 0.3) is 0 Å². The third-order valence-electron chi connectivity index (χ3n) is 5.96. The van der Waals surface area contributed by atoms with E-state index in [0.717, 1.165) is 19.3 Å². The second-order valence-corrected chi connectivity index (χ2v) is 13.4. The SMILES string of the molecule is C=CC[C@]1(O[Si](C)(C)C(C)(C)C)CC[C@H](c2ccccc2)CC1. The van der Waals surface area contributed by atoms with E-state index in [1.54, 1.807) is 0 Å². The van der Waals surface area contributed by atoms with Crippen LogP contribution in [0.1, 0.15) is 64.4 Å². The Morgan fingerprint density at radius 1 is 1.17 bits per heavy atom. The number of hydrogen-bond donors (Lipinski definition) is 0. The molecular formula is C21H34OSi. The zero-order valence-electron chi connectivity index (χ0n) is 15.7. The van der Waals surface area contributed by atoms with Gasteiger partial charge in [-0.2, -0.15) is 0 Å². The van der Waals surface area contributed by atoms with Gasteiger partial charge in [-0.05, 0) is 61.7 Å². The molecule has 0 spiro atoms. The monoisotopic (exact) mass is 330 g/mol. The number of benzene rings is 1.